The minimum Gasteiger partial charge on any atom is -0.365 e. The van der Waals surface area contributed by atoms with Crippen molar-refractivity contribution in [1.29, 1.82) is 0 Å². The van der Waals surface area contributed by atoms with Crippen molar-refractivity contribution in [2.24, 2.45) is 5.73 Å². The molecule has 0 aliphatic rings. The molecule has 5 nitrogen and oxygen atoms in total. The second-order valence-corrected chi connectivity index (χ2v) is 2.39. The summed E-state index contributed by atoms with van der Waals surface area (Å²) in [6.45, 7) is 2.39. The zero-order chi connectivity index (χ0) is 9.68. The Balaban J connectivity index is 2.73. The molecule has 5 heteroatoms. The van der Waals surface area contributed by atoms with Crippen molar-refractivity contribution in [3.63, 3.8) is 0 Å². The predicted molar refractivity (Wildman–Crippen MR) is 46.1 cm³/mol. The zero-order valence-electron chi connectivity index (χ0n) is 7.36. The second-order valence-electron chi connectivity index (χ2n) is 2.39. The molecule has 1 aromatic rings. The van der Waals surface area contributed by atoms with E-state index in [2.05, 4.69) is 5.59 Å². The third-order valence-electron chi connectivity index (χ3n) is 1.40. The van der Waals surface area contributed by atoms with Gasteiger partial charge in [0.2, 0.25) is 12.4 Å². The maximum atomic E-state index is 10.8. The van der Waals surface area contributed by atoms with Crippen LogP contribution in [0.25, 0.3) is 0 Å². The Bertz CT molecular complexity index is 301. The monoisotopic (exact) mass is 182 g/mol. The van der Waals surface area contributed by atoms with E-state index in [9.17, 15) is 4.79 Å². The van der Waals surface area contributed by atoms with Gasteiger partial charge in [0.05, 0.1) is 6.61 Å². The SMILES string of the molecule is CCON[n+]1cccc(C(N)=O)c1. The minimum absolute atomic E-state index is 0.426. The van der Waals surface area contributed by atoms with Gasteiger partial charge in [0.15, 0.2) is 0 Å². The number of nitrogens with zero attached hydrogens (tertiary/aromatic N) is 1. The fraction of sp³-hybridized carbons (Fsp3) is 0.250. The van der Waals surface area contributed by atoms with Crippen LogP contribution in [0, 0.1) is 0 Å². The average molecular weight is 182 g/mol. The molecule has 0 radical (unpaired) electrons. The summed E-state index contributed by atoms with van der Waals surface area (Å²) in [5.41, 5.74) is 8.11. The number of hydrogen-bond donors (Lipinski definition) is 2. The highest BCUT2D eigenvalue weighted by Gasteiger charge is 2.06. The molecule has 1 rings (SSSR count). The van der Waals surface area contributed by atoms with E-state index in [0.29, 0.717) is 12.2 Å². The first-order valence-electron chi connectivity index (χ1n) is 3.93. The number of carbonyl (C=O) groups excluding carboxylic acids is 1. The first-order valence-corrected chi connectivity index (χ1v) is 3.93. The maximum absolute atomic E-state index is 10.8. The molecule has 0 bridgehead atoms. The van der Waals surface area contributed by atoms with E-state index in [1.54, 1.807) is 24.5 Å². The quantitative estimate of drug-likeness (QED) is 0.490. The Labute approximate surface area is 76.0 Å². The van der Waals surface area contributed by atoms with E-state index in [4.69, 9.17) is 10.6 Å². The Kier molecular flexibility index (Phi) is 3.22. The molecule has 0 aromatic carbocycles. The summed E-state index contributed by atoms with van der Waals surface area (Å²) in [6, 6.07) is 3.33. The summed E-state index contributed by atoms with van der Waals surface area (Å²) in [5.74, 6) is -0.465. The van der Waals surface area contributed by atoms with Crippen molar-refractivity contribution in [3.8, 4) is 0 Å². The first-order chi connectivity index (χ1) is 6.24. The molecule has 0 fully saturated rings. The number of nitrogens with one attached hydrogen (secondary N) is 1. The summed E-state index contributed by atoms with van der Waals surface area (Å²) in [5, 5.41) is 0. The lowest BCUT2D eigenvalue weighted by Crippen LogP contribution is -2.45. The van der Waals surface area contributed by atoms with Crippen molar-refractivity contribution in [2.75, 3.05) is 12.2 Å². The molecule has 0 saturated carbocycles. The topological polar surface area (TPSA) is 68.2 Å². The van der Waals surface area contributed by atoms with E-state index in [1.165, 1.54) is 4.68 Å². The molecule has 1 heterocycles. The van der Waals surface area contributed by atoms with Crippen molar-refractivity contribution < 1.29 is 14.3 Å². The molecule has 1 aromatic heterocycles. The number of nitrogens with two attached hydrogens (primary N) is 1. The van der Waals surface area contributed by atoms with Gasteiger partial charge < -0.3 is 5.73 Å². The molecule has 0 saturated heterocycles. The Morgan fingerprint density at radius 3 is 3.15 bits per heavy atom. The minimum atomic E-state index is -0.465. The number of carbonyl (C=O) groups is 1. The lowest BCUT2D eigenvalue weighted by Gasteiger charge is -1.98. The highest BCUT2D eigenvalue weighted by atomic mass is 16.7. The molecular formula is C8H12N3O2+. The molecule has 13 heavy (non-hydrogen) atoms. The van der Waals surface area contributed by atoms with Crippen molar-refractivity contribution in [1.82, 2.24) is 0 Å². The molecular weight excluding hydrogens is 170 g/mol. The molecule has 0 spiro atoms. The van der Waals surface area contributed by atoms with Crippen molar-refractivity contribution >= 4 is 5.91 Å². The largest absolute Gasteiger partial charge is 0.365 e. The normalized spacial score (nSPS) is 9.62. The van der Waals surface area contributed by atoms with E-state index >= 15 is 0 Å². The summed E-state index contributed by atoms with van der Waals surface area (Å²) in [4.78, 5) is 15.7. The Morgan fingerprint density at radius 1 is 1.77 bits per heavy atom. The predicted octanol–water partition coefficient (Wildman–Crippen LogP) is -0.432. The number of aromatic nitrogens is 1. The molecule has 0 unspecified atom stereocenters. The van der Waals surface area contributed by atoms with Crippen LogP contribution in [0.15, 0.2) is 24.5 Å². The standard InChI is InChI=1S/C8H11N3O2/c1-2-13-10-11-5-3-4-7(6-11)8(9)12/h3-6,10H,2H2,1H3,(H-,9,12)/p+1. The lowest BCUT2D eigenvalue weighted by molar-refractivity contribution is -0.680. The highest BCUT2D eigenvalue weighted by Crippen LogP contribution is 1.90. The number of pyridine rings is 1. The smallest absolute Gasteiger partial charge is 0.254 e. The molecule has 3 N–H and O–H groups in total. The summed E-state index contributed by atoms with van der Waals surface area (Å²) >= 11 is 0. The van der Waals surface area contributed by atoms with Crippen LogP contribution in [0.5, 0.6) is 0 Å². The van der Waals surface area contributed by atoms with Gasteiger partial charge in [-0.1, -0.05) is 10.3 Å². The van der Waals surface area contributed by atoms with Gasteiger partial charge in [0, 0.05) is 6.07 Å². The van der Waals surface area contributed by atoms with Crippen LogP contribution in [-0.2, 0) is 4.84 Å². The van der Waals surface area contributed by atoms with Gasteiger partial charge in [-0.25, -0.2) is 4.84 Å². The lowest BCUT2D eigenvalue weighted by atomic mass is 10.3. The molecule has 0 aliphatic carbocycles. The first kappa shape index (κ1) is 9.47. The van der Waals surface area contributed by atoms with Crippen LogP contribution in [-0.4, -0.2) is 12.5 Å². The third kappa shape index (κ3) is 2.72. The van der Waals surface area contributed by atoms with E-state index in [1.807, 2.05) is 6.92 Å². The van der Waals surface area contributed by atoms with E-state index < -0.39 is 5.91 Å². The van der Waals surface area contributed by atoms with Gasteiger partial charge in [-0.05, 0) is 13.0 Å². The van der Waals surface area contributed by atoms with E-state index in [0.717, 1.165) is 0 Å². The van der Waals surface area contributed by atoms with Crippen LogP contribution < -0.4 is 16.0 Å². The van der Waals surface area contributed by atoms with Gasteiger partial charge >= 0.3 is 0 Å². The number of rotatable bonds is 4. The summed E-state index contributed by atoms with van der Waals surface area (Å²) in [6.07, 6.45) is 3.26. The van der Waals surface area contributed by atoms with Gasteiger partial charge in [0.1, 0.15) is 5.56 Å². The van der Waals surface area contributed by atoms with Crippen LogP contribution in [0.1, 0.15) is 17.3 Å². The second kappa shape index (κ2) is 4.42. The fourth-order valence-electron chi connectivity index (χ4n) is 0.817. The Morgan fingerprint density at radius 2 is 2.54 bits per heavy atom. The van der Waals surface area contributed by atoms with Crippen LogP contribution in [0.3, 0.4) is 0 Å². The Hall–Kier alpha value is -1.62. The molecule has 1 amide bonds. The summed E-state index contributed by atoms with van der Waals surface area (Å²) in [7, 11) is 0. The average Bonchev–Trinajstić information content (AvgIpc) is 2.15. The number of amides is 1. The number of primary amides is 1. The van der Waals surface area contributed by atoms with Gasteiger partial charge in [-0.15, -0.1) is 0 Å². The summed E-state index contributed by atoms with van der Waals surface area (Å²) < 4.78 is 1.52. The number of hydrogen-bond acceptors (Lipinski definition) is 3. The van der Waals surface area contributed by atoms with Crippen LogP contribution >= 0.6 is 0 Å². The molecule has 0 aliphatic heterocycles. The van der Waals surface area contributed by atoms with Crippen LogP contribution in [0.4, 0.5) is 0 Å². The highest BCUT2D eigenvalue weighted by molar-refractivity contribution is 5.92. The van der Waals surface area contributed by atoms with Gasteiger partial charge in [0.25, 0.3) is 5.91 Å². The fourth-order valence-corrected chi connectivity index (χ4v) is 0.817. The van der Waals surface area contributed by atoms with Gasteiger partial charge in [-0.3, -0.25) is 4.79 Å². The maximum Gasteiger partial charge on any atom is 0.254 e. The third-order valence-corrected chi connectivity index (χ3v) is 1.40. The zero-order valence-corrected chi connectivity index (χ0v) is 7.36. The van der Waals surface area contributed by atoms with Crippen molar-refractivity contribution in [3.05, 3.63) is 30.1 Å². The van der Waals surface area contributed by atoms with Gasteiger partial charge in [-0.2, -0.15) is 0 Å². The van der Waals surface area contributed by atoms with Crippen LogP contribution in [0.2, 0.25) is 0 Å². The molecule has 70 valence electrons. The van der Waals surface area contributed by atoms with Crippen molar-refractivity contribution in [2.45, 2.75) is 6.92 Å². The van der Waals surface area contributed by atoms with E-state index in [-0.39, 0.29) is 0 Å². The molecule has 0 atom stereocenters.